The summed E-state index contributed by atoms with van der Waals surface area (Å²) in [5.74, 6) is -1.31. The van der Waals surface area contributed by atoms with Crippen molar-refractivity contribution in [2.75, 3.05) is 0 Å². The van der Waals surface area contributed by atoms with E-state index < -0.39 is 11.9 Å². The van der Waals surface area contributed by atoms with Crippen LogP contribution in [0.4, 0.5) is 0 Å². The predicted molar refractivity (Wildman–Crippen MR) is 174 cm³/mol. The van der Waals surface area contributed by atoms with Gasteiger partial charge >= 0.3 is 11.9 Å². The summed E-state index contributed by atoms with van der Waals surface area (Å²) < 4.78 is 0. The SMILES string of the molecule is CCCCCCCCCCCCCCCCCC(=O)O.CCCCCCCCCCCCCCCCCC(=O)O.[Ni]. The Labute approximate surface area is 266 Å². The minimum absolute atomic E-state index is 0. The quantitative estimate of drug-likeness (QED) is 0.0575. The maximum Gasteiger partial charge on any atom is 0.303 e. The number of carboxylic acids is 2. The zero-order valence-electron chi connectivity index (χ0n) is 27.7. The molecule has 4 nitrogen and oxygen atoms in total. The molecule has 0 aliphatic rings. The van der Waals surface area contributed by atoms with Crippen LogP contribution in [0, 0.1) is 0 Å². The Morgan fingerprint density at radius 3 is 0.610 bits per heavy atom. The van der Waals surface area contributed by atoms with Crippen molar-refractivity contribution in [3.63, 3.8) is 0 Å². The fraction of sp³-hybridized carbons (Fsp3) is 0.944. The van der Waals surface area contributed by atoms with Crippen molar-refractivity contribution in [1.82, 2.24) is 0 Å². The number of unbranched alkanes of at least 4 members (excludes halogenated alkanes) is 28. The Bertz CT molecular complexity index is 454. The van der Waals surface area contributed by atoms with Gasteiger partial charge in [0.1, 0.15) is 0 Å². The molecule has 0 rings (SSSR count). The van der Waals surface area contributed by atoms with Crippen molar-refractivity contribution in [1.29, 1.82) is 0 Å². The van der Waals surface area contributed by atoms with Gasteiger partial charge in [-0.05, 0) is 12.8 Å². The Kier molecular flexibility index (Phi) is 45.5. The molecule has 0 saturated carbocycles. The van der Waals surface area contributed by atoms with Crippen LogP contribution in [0.5, 0.6) is 0 Å². The molecule has 0 amide bonds. The summed E-state index contributed by atoms with van der Waals surface area (Å²) in [5, 5.41) is 17.0. The largest absolute Gasteiger partial charge is 0.481 e. The molecule has 0 fully saturated rings. The molecule has 41 heavy (non-hydrogen) atoms. The molecule has 0 unspecified atom stereocenters. The molecule has 0 heterocycles. The molecule has 0 aliphatic heterocycles. The third kappa shape index (κ3) is 49.4. The zero-order chi connectivity index (χ0) is 29.8. The summed E-state index contributed by atoms with van der Waals surface area (Å²) >= 11 is 0. The van der Waals surface area contributed by atoms with Gasteiger partial charge in [0.2, 0.25) is 0 Å². The van der Waals surface area contributed by atoms with E-state index in [1.54, 1.807) is 0 Å². The Hall–Kier alpha value is -0.566. The molecule has 250 valence electrons. The standard InChI is InChI=1S/2C18H36O2.Ni/c2*1-2-3-4-5-6-7-8-9-10-11-12-13-14-15-16-17-18(19)20;/h2*2-17H2,1H3,(H,19,20);. The molecule has 0 aromatic heterocycles. The van der Waals surface area contributed by atoms with Crippen molar-refractivity contribution >= 4 is 11.9 Å². The first kappa shape index (κ1) is 44.9. The second-order valence-electron chi connectivity index (χ2n) is 12.2. The Morgan fingerprint density at radius 1 is 0.317 bits per heavy atom. The predicted octanol–water partition coefficient (Wildman–Crippen LogP) is 12.7. The molecule has 0 spiro atoms. The number of carbonyl (C=O) groups is 2. The first-order valence-corrected chi connectivity index (χ1v) is 18.0. The minimum atomic E-state index is -0.653. The third-order valence-electron chi connectivity index (χ3n) is 7.99. The molecule has 0 bridgehead atoms. The molecule has 0 saturated heterocycles. The fourth-order valence-electron chi connectivity index (χ4n) is 5.30. The van der Waals surface area contributed by atoms with Crippen LogP contribution in [0.25, 0.3) is 0 Å². The van der Waals surface area contributed by atoms with Crippen LogP contribution in [0.15, 0.2) is 0 Å². The number of hydrogen-bond acceptors (Lipinski definition) is 2. The first-order valence-electron chi connectivity index (χ1n) is 18.0. The molecular formula is C36H72NiO4. The van der Waals surface area contributed by atoms with Crippen LogP contribution in [0.1, 0.15) is 219 Å². The second-order valence-corrected chi connectivity index (χ2v) is 12.2. The maximum atomic E-state index is 10.3. The van der Waals surface area contributed by atoms with Crippen LogP contribution >= 0.6 is 0 Å². The molecule has 0 aliphatic carbocycles. The van der Waals surface area contributed by atoms with E-state index in [4.69, 9.17) is 10.2 Å². The summed E-state index contributed by atoms with van der Waals surface area (Å²) in [6.07, 6.45) is 40.4. The van der Waals surface area contributed by atoms with Gasteiger partial charge in [0.15, 0.2) is 0 Å². The van der Waals surface area contributed by atoms with Gasteiger partial charge < -0.3 is 10.2 Å². The summed E-state index contributed by atoms with van der Waals surface area (Å²) in [6.45, 7) is 4.54. The Balaban J connectivity index is -0.000000688. The van der Waals surface area contributed by atoms with Crippen LogP contribution in [0.3, 0.4) is 0 Å². The minimum Gasteiger partial charge on any atom is -0.481 e. The molecule has 2 N–H and O–H groups in total. The van der Waals surface area contributed by atoms with E-state index in [1.165, 1.54) is 167 Å². The second kappa shape index (κ2) is 41.6. The van der Waals surface area contributed by atoms with Crippen LogP contribution < -0.4 is 0 Å². The van der Waals surface area contributed by atoms with Gasteiger partial charge in [0.05, 0.1) is 0 Å². The van der Waals surface area contributed by atoms with Crippen LogP contribution in [-0.2, 0) is 26.1 Å². The van der Waals surface area contributed by atoms with Gasteiger partial charge in [-0.2, -0.15) is 0 Å². The van der Waals surface area contributed by atoms with E-state index in [1.807, 2.05) is 0 Å². The number of aliphatic carboxylic acids is 2. The third-order valence-corrected chi connectivity index (χ3v) is 7.99. The number of carboxylic acid groups (broad SMARTS) is 2. The number of rotatable bonds is 32. The van der Waals surface area contributed by atoms with Crippen molar-refractivity contribution in [2.24, 2.45) is 0 Å². The molecule has 0 aromatic carbocycles. The van der Waals surface area contributed by atoms with Crippen LogP contribution in [-0.4, -0.2) is 22.2 Å². The summed E-state index contributed by atoms with van der Waals surface area (Å²) in [5.41, 5.74) is 0. The van der Waals surface area contributed by atoms with E-state index >= 15 is 0 Å². The molecule has 0 radical (unpaired) electrons. The average molecular weight is 628 g/mol. The van der Waals surface area contributed by atoms with E-state index in [9.17, 15) is 9.59 Å². The average Bonchev–Trinajstić information content (AvgIpc) is 2.93. The summed E-state index contributed by atoms with van der Waals surface area (Å²) in [4.78, 5) is 20.7. The van der Waals surface area contributed by atoms with E-state index in [-0.39, 0.29) is 16.5 Å². The topological polar surface area (TPSA) is 74.6 Å². The van der Waals surface area contributed by atoms with Gasteiger partial charge in [0, 0.05) is 29.3 Å². The van der Waals surface area contributed by atoms with Gasteiger partial charge in [-0.1, -0.05) is 194 Å². The fourth-order valence-corrected chi connectivity index (χ4v) is 5.30. The summed E-state index contributed by atoms with van der Waals surface area (Å²) in [7, 11) is 0. The van der Waals surface area contributed by atoms with Gasteiger partial charge in [0.25, 0.3) is 0 Å². The normalized spacial score (nSPS) is 10.6. The van der Waals surface area contributed by atoms with Crippen molar-refractivity contribution in [3.05, 3.63) is 0 Å². The van der Waals surface area contributed by atoms with Crippen molar-refractivity contribution in [2.45, 2.75) is 219 Å². The molecular weight excluding hydrogens is 555 g/mol. The monoisotopic (exact) mass is 626 g/mol. The van der Waals surface area contributed by atoms with Crippen molar-refractivity contribution < 1.29 is 36.3 Å². The van der Waals surface area contributed by atoms with Gasteiger partial charge in [-0.15, -0.1) is 0 Å². The first-order chi connectivity index (χ1) is 19.5. The smallest absolute Gasteiger partial charge is 0.303 e. The van der Waals surface area contributed by atoms with Crippen molar-refractivity contribution in [3.8, 4) is 0 Å². The van der Waals surface area contributed by atoms with E-state index in [0.717, 1.165) is 25.7 Å². The molecule has 0 aromatic rings. The summed E-state index contributed by atoms with van der Waals surface area (Å²) in [6, 6.07) is 0. The van der Waals surface area contributed by atoms with Gasteiger partial charge in [-0.25, -0.2) is 0 Å². The zero-order valence-corrected chi connectivity index (χ0v) is 28.6. The maximum absolute atomic E-state index is 10.3. The van der Waals surface area contributed by atoms with E-state index in [2.05, 4.69) is 13.8 Å². The van der Waals surface area contributed by atoms with Gasteiger partial charge in [-0.3, -0.25) is 9.59 Å². The Morgan fingerprint density at radius 2 is 0.463 bits per heavy atom. The van der Waals surface area contributed by atoms with Crippen LogP contribution in [0.2, 0.25) is 0 Å². The number of hydrogen-bond donors (Lipinski definition) is 2. The van der Waals surface area contributed by atoms with E-state index in [0.29, 0.717) is 12.8 Å². The molecule has 5 heteroatoms. The molecule has 0 atom stereocenters.